The summed E-state index contributed by atoms with van der Waals surface area (Å²) >= 11 is 0. The minimum atomic E-state index is -0.474. The van der Waals surface area contributed by atoms with Crippen molar-refractivity contribution >= 4 is 0 Å². The average Bonchev–Trinajstić information content (AvgIpc) is 2.36. The van der Waals surface area contributed by atoms with Crippen LogP contribution >= 0.6 is 0 Å². The van der Waals surface area contributed by atoms with E-state index in [0.717, 1.165) is 17.9 Å². The number of ether oxygens (including phenoxy) is 1. The molecule has 0 amide bonds. The van der Waals surface area contributed by atoms with Crippen LogP contribution in [0, 0.1) is 5.92 Å². The van der Waals surface area contributed by atoms with E-state index in [2.05, 4.69) is 18.7 Å². The van der Waals surface area contributed by atoms with Crippen LogP contribution in [0.25, 0.3) is 0 Å². The fourth-order valence-electron chi connectivity index (χ4n) is 2.02. The molecule has 0 spiro atoms. The van der Waals surface area contributed by atoms with E-state index < -0.39 is 6.10 Å². The van der Waals surface area contributed by atoms with E-state index in [1.54, 1.807) is 0 Å². The molecule has 1 atom stereocenters. The topological polar surface area (TPSA) is 58.7 Å². The number of aliphatic hydroxyl groups is 1. The van der Waals surface area contributed by atoms with Crippen LogP contribution in [-0.4, -0.2) is 42.9 Å². The van der Waals surface area contributed by atoms with E-state index in [9.17, 15) is 5.11 Å². The van der Waals surface area contributed by atoms with E-state index in [-0.39, 0.29) is 0 Å². The van der Waals surface area contributed by atoms with Gasteiger partial charge in [0, 0.05) is 19.6 Å². The Kier molecular flexibility index (Phi) is 6.84. The molecule has 4 nitrogen and oxygen atoms in total. The Labute approximate surface area is 116 Å². The lowest BCUT2D eigenvalue weighted by Gasteiger charge is -2.22. The first-order chi connectivity index (χ1) is 9.01. The van der Waals surface area contributed by atoms with E-state index >= 15 is 0 Å². The summed E-state index contributed by atoms with van der Waals surface area (Å²) in [6.45, 7) is 6.77. The molecule has 0 saturated heterocycles. The van der Waals surface area contributed by atoms with E-state index in [4.69, 9.17) is 10.5 Å². The molecule has 1 aromatic carbocycles. The third-order valence-electron chi connectivity index (χ3n) is 2.80. The normalized spacial score (nSPS) is 13.0. The first-order valence-corrected chi connectivity index (χ1v) is 6.79. The van der Waals surface area contributed by atoms with Crippen LogP contribution in [0.4, 0.5) is 0 Å². The second-order valence-corrected chi connectivity index (χ2v) is 5.43. The van der Waals surface area contributed by atoms with Gasteiger partial charge in [0.1, 0.15) is 18.5 Å². The standard InChI is InChI=1S/C15H26N2O2/c1-12(2)9-17(3)10-14(18)11-19-15-6-4-13(8-16)5-7-15/h4-7,12,14,18H,8-11,16H2,1-3H3. The van der Waals surface area contributed by atoms with Crippen molar-refractivity contribution in [1.29, 1.82) is 0 Å². The van der Waals surface area contributed by atoms with E-state index in [1.165, 1.54) is 0 Å². The molecular formula is C15H26N2O2. The molecule has 108 valence electrons. The third kappa shape index (κ3) is 6.57. The molecule has 0 aliphatic rings. The molecule has 4 heteroatoms. The second-order valence-electron chi connectivity index (χ2n) is 5.43. The van der Waals surface area contributed by atoms with Crippen molar-refractivity contribution in [3.63, 3.8) is 0 Å². The van der Waals surface area contributed by atoms with Crippen LogP contribution in [0.2, 0.25) is 0 Å². The van der Waals surface area contributed by atoms with Crippen LogP contribution in [0.15, 0.2) is 24.3 Å². The number of nitrogens with two attached hydrogens (primary N) is 1. The second kappa shape index (κ2) is 8.15. The molecule has 0 saturated carbocycles. The first kappa shape index (κ1) is 16.0. The maximum atomic E-state index is 9.91. The zero-order chi connectivity index (χ0) is 14.3. The van der Waals surface area contributed by atoms with Crippen molar-refractivity contribution in [3.05, 3.63) is 29.8 Å². The van der Waals surface area contributed by atoms with Gasteiger partial charge in [0.15, 0.2) is 0 Å². The number of hydrogen-bond donors (Lipinski definition) is 2. The summed E-state index contributed by atoms with van der Waals surface area (Å²) in [5.74, 6) is 1.37. The van der Waals surface area contributed by atoms with E-state index in [0.29, 0.717) is 25.6 Å². The molecule has 3 N–H and O–H groups in total. The monoisotopic (exact) mass is 266 g/mol. The maximum Gasteiger partial charge on any atom is 0.119 e. The Balaban J connectivity index is 2.30. The minimum Gasteiger partial charge on any atom is -0.491 e. The summed E-state index contributed by atoms with van der Waals surface area (Å²) in [7, 11) is 2.01. The van der Waals surface area contributed by atoms with Gasteiger partial charge in [-0.3, -0.25) is 0 Å². The van der Waals surface area contributed by atoms with Crippen molar-refractivity contribution in [2.75, 3.05) is 26.7 Å². The molecule has 0 aliphatic carbocycles. The zero-order valence-electron chi connectivity index (χ0n) is 12.2. The molecule has 0 aromatic heterocycles. The lowest BCUT2D eigenvalue weighted by molar-refractivity contribution is 0.0732. The minimum absolute atomic E-state index is 0.310. The summed E-state index contributed by atoms with van der Waals surface area (Å²) in [5, 5.41) is 9.91. The maximum absolute atomic E-state index is 9.91. The molecule has 1 aromatic rings. The van der Waals surface area contributed by atoms with Crippen molar-refractivity contribution < 1.29 is 9.84 Å². The molecule has 0 heterocycles. The van der Waals surface area contributed by atoms with Crippen LogP contribution in [-0.2, 0) is 6.54 Å². The lowest BCUT2D eigenvalue weighted by atomic mass is 10.2. The van der Waals surface area contributed by atoms with E-state index in [1.807, 2.05) is 31.3 Å². The molecule has 1 unspecified atom stereocenters. The number of benzene rings is 1. The van der Waals surface area contributed by atoms with Gasteiger partial charge in [-0.25, -0.2) is 0 Å². The quantitative estimate of drug-likeness (QED) is 0.748. The Morgan fingerprint density at radius 3 is 2.37 bits per heavy atom. The average molecular weight is 266 g/mol. The Hall–Kier alpha value is -1.10. The zero-order valence-corrected chi connectivity index (χ0v) is 12.2. The Bertz CT molecular complexity index is 352. The molecule has 0 aliphatic heterocycles. The van der Waals surface area contributed by atoms with Gasteiger partial charge in [0.05, 0.1) is 0 Å². The van der Waals surface area contributed by atoms with Crippen LogP contribution < -0.4 is 10.5 Å². The number of nitrogens with zero attached hydrogens (tertiary/aromatic N) is 1. The molecule has 0 fully saturated rings. The fraction of sp³-hybridized carbons (Fsp3) is 0.600. The SMILES string of the molecule is CC(C)CN(C)CC(O)COc1ccc(CN)cc1. The number of aliphatic hydroxyl groups excluding tert-OH is 1. The van der Waals surface area contributed by atoms with Gasteiger partial charge in [-0.2, -0.15) is 0 Å². The van der Waals surface area contributed by atoms with Crippen LogP contribution in [0.3, 0.4) is 0 Å². The van der Waals surface area contributed by atoms with Crippen LogP contribution in [0.1, 0.15) is 19.4 Å². The predicted octanol–water partition coefficient (Wildman–Crippen LogP) is 1.47. The van der Waals surface area contributed by atoms with Gasteiger partial charge < -0.3 is 20.5 Å². The van der Waals surface area contributed by atoms with Gasteiger partial charge in [-0.1, -0.05) is 26.0 Å². The summed E-state index contributed by atoms with van der Waals surface area (Å²) < 4.78 is 5.56. The highest BCUT2D eigenvalue weighted by atomic mass is 16.5. The summed E-state index contributed by atoms with van der Waals surface area (Å²) in [6.07, 6.45) is -0.474. The smallest absolute Gasteiger partial charge is 0.119 e. The highest BCUT2D eigenvalue weighted by Gasteiger charge is 2.10. The predicted molar refractivity (Wildman–Crippen MR) is 78.2 cm³/mol. The molecule has 1 rings (SSSR count). The molecule has 0 radical (unpaired) electrons. The number of hydrogen-bond acceptors (Lipinski definition) is 4. The van der Waals surface area contributed by atoms with Crippen molar-refractivity contribution in [2.45, 2.75) is 26.5 Å². The number of likely N-dealkylation sites (N-methyl/N-ethyl adjacent to an activating group) is 1. The van der Waals surface area contributed by atoms with Crippen LogP contribution in [0.5, 0.6) is 5.75 Å². The summed E-state index contributed by atoms with van der Waals surface area (Å²) in [6, 6.07) is 7.64. The highest BCUT2D eigenvalue weighted by Crippen LogP contribution is 2.12. The fourth-order valence-corrected chi connectivity index (χ4v) is 2.02. The third-order valence-corrected chi connectivity index (χ3v) is 2.80. The molecule has 19 heavy (non-hydrogen) atoms. The highest BCUT2D eigenvalue weighted by molar-refractivity contribution is 5.27. The first-order valence-electron chi connectivity index (χ1n) is 6.79. The molecular weight excluding hydrogens is 240 g/mol. The van der Waals surface area contributed by atoms with Crippen molar-refractivity contribution in [2.24, 2.45) is 11.7 Å². The Morgan fingerprint density at radius 2 is 1.84 bits per heavy atom. The summed E-state index contributed by atoms with van der Waals surface area (Å²) in [4.78, 5) is 2.12. The molecule has 0 bridgehead atoms. The lowest BCUT2D eigenvalue weighted by Crippen LogP contribution is -2.35. The van der Waals surface area contributed by atoms with Gasteiger partial charge in [-0.05, 0) is 30.7 Å². The van der Waals surface area contributed by atoms with Gasteiger partial charge in [0.2, 0.25) is 0 Å². The largest absolute Gasteiger partial charge is 0.491 e. The Morgan fingerprint density at radius 1 is 1.21 bits per heavy atom. The van der Waals surface area contributed by atoms with Gasteiger partial charge >= 0.3 is 0 Å². The van der Waals surface area contributed by atoms with Crippen molar-refractivity contribution in [1.82, 2.24) is 4.90 Å². The van der Waals surface area contributed by atoms with Gasteiger partial charge in [0.25, 0.3) is 0 Å². The van der Waals surface area contributed by atoms with Gasteiger partial charge in [-0.15, -0.1) is 0 Å². The summed E-state index contributed by atoms with van der Waals surface area (Å²) in [5.41, 5.74) is 6.60. The number of rotatable bonds is 8. The van der Waals surface area contributed by atoms with Crippen molar-refractivity contribution in [3.8, 4) is 5.75 Å².